The molecule has 0 spiro atoms. The van der Waals surface area contributed by atoms with Gasteiger partial charge in [0.1, 0.15) is 29.2 Å². The first-order chi connectivity index (χ1) is 15.6. The summed E-state index contributed by atoms with van der Waals surface area (Å²) in [5, 5.41) is 7.36. The number of urea groups is 1. The van der Waals surface area contributed by atoms with Crippen LogP contribution in [0.15, 0.2) is 43.1 Å². The van der Waals surface area contributed by atoms with Crippen LogP contribution in [0, 0.1) is 12.7 Å². The standard InChI is InChI=1S/C21H19FN8O2/c1-12-3-4-14(28-21(31)30-5-2-6-32-30)8-16(12)29-19-15(7-13(22)9-23-19)17-18-20(26-10-24-17)27-11-25-18/h3-4,7-11H,2,5-6H2,1H3,(H,23,29)(H,28,31)(H,24,25,26,27). The van der Waals surface area contributed by atoms with Crippen molar-refractivity contribution in [1.82, 2.24) is 30.0 Å². The summed E-state index contributed by atoms with van der Waals surface area (Å²) in [5.41, 5.74) is 4.14. The van der Waals surface area contributed by atoms with Crippen molar-refractivity contribution < 1.29 is 14.0 Å². The third-order valence-corrected chi connectivity index (χ3v) is 5.05. The second-order valence-corrected chi connectivity index (χ2v) is 7.25. The van der Waals surface area contributed by atoms with E-state index in [2.05, 4.69) is 35.6 Å². The number of halogens is 1. The topological polar surface area (TPSA) is 121 Å². The van der Waals surface area contributed by atoms with Gasteiger partial charge in [-0.1, -0.05) is 6.07 Å². The number of carbonyl (C=O) groups excluding carboxylic acids is 1. The quantitative estimate of drug-likeness (QED) is 0.447. The number of nitrogens with zero attached hydrogens (tertiary/aromatic N) is 5. The molecule has 0 bridgehead atoms. The third-order valence-electron chi connectivity index (χ3n) is 5.05. The molecule has 1 fully saturated rings. The number of benzene rings is 1. The van der Waals surface area contributed by atoms with Crippen LogP contribution in [0.25, 0.3) is 22.4 Å². The Kier molecular flexibility index (Phi) is 5.07. The number of aromatic nitrogens is 5. The Bertz CT molecular complexity index is 1300. The number of aryl methyl sites for hydroxylation is 1. The van der Waals surface area contributed by atoms with Gasteiger partial charge in [0.2, 0.25) is 0 Å². The normalized spacial score (nSPS) is 13.5. The molecule has 4 heterocycles. The highest BCUT2D eigenvalue weighted by atomic mass is 19.1. The maximum Gasteiger partial charge on any atom is 0.345 e. The molecule has 32 heavy (non-hydrogen) atoms. The lowest BCUT2D eigenvalue weighted by Gasteiger charge is -2.17. The Hall–Kier alpha value is -4.12. The van der Waals surface area contributed by atoms with E-state index in [0.717, 1.165) is 18.2 Å². The maximum absolute atomic E-state index is 14.1. The molecule has 1 aromatic carbocycles. The van der Waals surface area contributed by atoms with Crippen molar-refractivity contribution in [3.05, 3.63) is 54.5 Å². The maximum atomic E-state index is 14.1. The number of hydroxylamine groups is 2. The number of H-pyrrole nitrogens is 1. The Balaban J connectivity index is 1.48. The van der Waals surface area contributed by atoms with E-state index < -0.39 is 5.82 Å². The van der Waals surface area contributed by atoms with Crippen LogP contribution in [0.1, 0.15) is 12.0 Å². The fourth-order valence-electron chi connectivity index (χ4n) is 3.44. The number of hydrogen-bond acceptors (Lipinski definition) is 7. The predicted octanol–water partition coefficient (Wildman–Crippen LogP) is 3.78. The number of pyridine rings is 1. The van der Waals surface area contributed by atoms with Crippen LogP contribution in [-0.2, 0) is 4.84 Å². The molecule has 3 aromatic heterocycles. The Labute approximate surface area is 181 Å². The van der Waals surface area contributed by atoms with Gasteiger partial charge in [-0.05, 0) is 37.1 Å². The highest BCUT2D eigenvalue weighted by molar-refractivity contribution is 5.92. The van der Waals surface area contributed by atoms with E-state index in [0.29, 0.717) is 52.8 Å². The highest BCUT2D eigenvalue weighted by Gasteiger charge is 2.20. The fraction of sp³-hybridized carbons (Fsp3) is 0.190. The van der Waals surface area contributed by atoms with Crippen molar-refractivity contribution in [2.24, 2.45) is 0 Å². The average molecular weight is 434 g/mol. The lowest BCUT2D eigenvalue weighted by Crippen LogP contribution is -2.31. The van der Waals surface area contributed by atoms with Crippen LogP contribution in [0.4, 0.5) is 26.4 Å². The predicted molar refractivity (Wildman–Crippen MR) is 116 cm³/mol. The van der Waals surface area contributed by atoms with E-state index in [4.69, 9.17) is 4.84 Å². The first kappa shape index (κ1) is 19.8. The molecule has 11 heteroatoms. The first-order valence-corrected chi connectivity index (χ1v) is 9.97. The molecule has 1 saturated heterocycles. The Morgan fingerprint density at radius 3 is 2.97 bits per heavy atom. The fourth-order valence-corrected chi connectivity index (χ4v) is 3.44. The number of aromatic amines is 1. The summed E-state index contributed by atoms with van der Waals surface area (Å²) in [6.07, 6.45) is 4.81. The molecule has 0 unspecified atom stereocenters. The van der Waals surface area contributed by atoms with E-state index in [1.54, 1.807) is 12.1 Å². The highest BCUT2D eigenvalue weighted by Crippen LogP contribution is 2.32. The second kappa shape index (κ2) is 8.19. The van der Waals surface area contributed by atoms with Gasteiger partial charge >= 0.3 is 6.03 Å². The molecule has 10 nitrogen and oxygen atoms in total. The van der Waals surface area contributed by atoms with Gasteiger partial charge in [-0.25, -0.2) is 34.2 Å². The molecule has 0 saturated carbocycles. The lowest BCUT2D eigenvalue weighted by molar-refractivity contribution is -0.0614. The van der Waals surface area contributed by atoms with Crippen LogP contribution < -0.4 is 10.6 Å². The minimum Gasteiger partial charge on any atom is -0.341 e. The van der Waals surface area contributed by atoms with Gasteiger partial charge in [-0.2, -0.15) is 0 Å². The van der Waals surface area contributed by atoms with Crippen molar-refractivity contribution >= 4 is 34.4 Å². The van der Waals surface area contributed by atoms with Crippen molar-refractivity contribution in [2.75, 3.05) is 23.8 Å². The second-order valence-electron chi connectivity index (χ2n) is 7.25. The molecule has 0 aliphatic carbocycles. The molecular formula is C21H19FN8O2. The van der Waals surface area contributed by atoms with Crippen molar-refractivity contribution in [3.8, 4) is 11.3 Å². The van der Waals surface area contributed by atoms with Crippen LogP contribution >= 0.6 is 0 Å². The molecule has 4 aromatic rings. The number of imidazole rings is 1. The molecule has 2 amide bonds. The molecule has 3 N–H and O–H groups in total. The van der Waals surface area contributed by atoms with E-state index in [9.17, 15) is 9.18 Å². The SMILES string of the molecule is Cc1ccc(NC(=O)N2CCCO2)cc1Nc1ncc(F)cc1-c1ncnc2nc[nH]c12. The third kappa shape index (κ3) is 3.81. The molecule has 5 rings (SSSR count). The van der Waals surface area contributed by atoms with Gasteiger partial charge < -0.3 is 15.6 Å². The lowest BCUT2D eigenvalue weighted by atomic mass is 10.1. The number of fused-ring (bicyclic) bond motifs is 1. The average Bonchev–Trinajstić information content (AvgIpc) is 3.49. The van der Waals surface area contributed by atoms with E-state index in [1.807, 2.05) is 13.0 Å². The molecule has 0 atom stereocenters. The zero-order chi connectivity index (χ0) is 22.1. The molecule has 1 aliphatic rings. The first-order valence-electron chi connectivity index (χ1n) is 9.97. The van der Waals surface area contributed by atoms with Gasteiger partial charge in [-0.15, -0.1) is 0 Å². The van der Waals surface area contributed by atoms with Crippen LogP contribution in [0.3, 0.4) is 0 Å². The van der Waals surface area contributed by atoms with Crippen LogP contribution in [-0.4, -0.2) is 49.2 Å². The Morgan fingerprint density at radius 1 is 1.22 bits per heavy atom. The minimum absolute atomic E-state index is 0.333. The monoisotopic (exact) mass is 434 g/mol. The van der Waals surface area contributed by atoms with Gasteiger partial charge in [0.15, 0.2) is 5.65 Å². The van der Waals surface area contributed by atoms with E-state index in [-0.39, 0.29) is 6.03 Å². The molecule has 0 radical (unpaired) electrons. The van der Waals surface area contributed by atoms with Crippen molar-refractivity contribution in [3.63, 3.8) is 0 Å². The summed E-state index contributed by atoms with van der Waals surface area (Å²) >= 11 is 0. The summed E-state index contributed by atoms with van der Waals surface area (Å²) in [6.45, 7) is 2.99. The van der Waals surface area contributed by atoms with Gasteiger partial charge in [0.05, 0.1) is 25.7 Å². The number of rotatable bonds is 4. The number of anilines is 3. The summed E-state index contributed by atoms with van der Waals surface area (Å²) in [4.78, 5) is 37.4. The Morgan fingerprint density at radius 2 is 2.12 bits per heavy atom. The summed E-state index contributed by atoms with van der Waals surface area (Å²) < 4.78 is 14.1. The summed E-state index contributed by atoms with van der Waals surface area (Å²) in [7, 11) is 0. The number of nitrogens with one attached hydrogen (secondary N) is 3. The largest absolute Gasteiger partial charge is 0.345 e. The van der Waals surface area contributed by atoms with Crippen LogP contribution in [0.5, 0.6) is 0 Å². The van der Waals surface area contributed by atoms with Crippen LogP contribution in [0.2, 0.25) is 0 Å². The summed E-state index contributed by atoms with van der Waals surface area (Å²) in [6, 6.07) is 6.46. The van der Waals surface area contributed by atoms with Crippen molar-refractivity contribution in [1.29, 1.82) is 0 Å². The minimum atomic E-state index is -0.500. The molecular weight excluding hydrogens is 415 g/mol. The zero-order valence-electron chi connectivity index (χ0n) is 17.1. The van der Waals surface area contributed by atoms with Gasteiger partial charge in [0, 0.05) is 16.9 Å². The molecule has 162 valence electrons. The summed E-state index contributed by atoms with van der Waals surface area (Å²) in [5.74, 6) is -0.101. The van der Waals surface area contributed by atoms with Crippen molar-refractivity contribution in [2.45, 2.75) is 13.3 Å². The number of amides is 2. The van der Waals surface area contributed by atoms with E-state index >= 15 is 0 Å². The zero-order valence-corrected chi connectivity index (χ0v) is 17.1. The molecule has 1 aliphatic heterocycles. The number of carbonyl (C=O) groups is 1. The van der Waals surface area contributed by atoms with Gasteiger partial charge in [-0.3, -0.25) is 4.84 Å². The van der Waals surface area contributed by atoms with Gasteiger partial charge in [0.25, 0.3) is 0 Å². The van der Waals surface area contributed by atoms with E-state index in [1.165, 1.54) is 23.8 Å². The number of hydrogen-bond donors (Lipinski definition) is 3. The smallest absolute Gasteiger partial charge is 0.341 e.